The van der Waals surface area contributed by atoms with Crippen molar-refractivity contribution < 1.29 is 14.7 Å². The van der Waals surface area contributed by atoms with Crippen LogP contribution in [-0.4, -0.2) is 47.1 Å². The van der Waals surface area contributed by atoms with E-state index in [0.717, 1.165) is 10.6 Å². The molecule has 6 nitrogen and oxygen atoms in total. The third-order valence-corrected chi connectivity index (χ3v) is 2.50. The van der Waals surface area contributed by atoms with Gasteiger partial charge in [0.2, 0.25) is 0 Å². The van der Waals surface area contributed by atoms with Gasteiger partial charge in [0.1, 0.15) is 6.54 Å². The summed E-state index contributed by atoms with van der Waals surface area (Å²) in [5.41, 5.74) is 2.65. The molecule has 1 rings (SSSR count). The van der Waals surface area contributed by atoms with Crippen LogP contribution in [0.5, 0.6) is 0 Å². The Labute approximate surface area is 96.9 Å². The van der Waals surface area contributed by atoms with Crippen molar-refractivity contribution in [1.29, 1.82) is 0 Å². The summed E-state index contributed by atoms with van der Waals surface area (Å²) in [6.07, 6.45) is 0.649. The van der Waals surface area contributed by atoms with Crippen molar-refractivity contribution in [3.05, 3.63) is 16.6 Å². The van der Waals surface area contributed by atoms with Crippen LogP contribution in [0.25, 0.3) is 0 Å². The summed E-state index contributed by atoms with van der Waals surface area (Å²) < 4.78 is 0. The van der Waals surface area contributed by atoms with Gasteiger partial charge in [-0.05, 0) is 0 Å². The van der Waals surface area contributed by atoms with Crippen molar-refractivity contribution in [3.8, 4) is 0 Å². The van der Waals surface area contributed by atoms with Gasteiger partial charge in [0.25, 0.3) is 0 Å². The van der Waals surface area contributed by atoms with E-state index in [1.807, 2.05) is 5.38 Å². The predicted octanol–water partition coefficient (Wildman–Crippen LogP) is 0.412. The molecule has 1 heterocycles. The number of hydrogen-bond donors (Lipinski definition) is 2. The number of hydrogen-bond acceptors (Lipinski definition) is 4. The van der Waals surface area contributed by atoms with Crippen LogP contribution >= 0.6 is 11.3 Å². The number of carboxylic acids is 1. The topological polar surface area (TPSA) is 82.5 Å². The lowest BCUT2D eigenvalue weighted by Gasteiger charge is -2.15. The van der Waals surface area contributed by atoms with Gasteiger partial charge in [-0.25, -0.2) is 9.78 Å². The van der Waals surface area contributed by atoms with Crippen LogP contribution in [0.3, 0.4) is 0 Å². The third kappa shape index (κ3) is 4.26. The number of carbonyl (C=O) groups excluding carboxylic acids is 1. The normalized spacial score (nSPS) is 9.81. The number of nitrogens with zero attached hydrogens (tertiary/aromatic N) is 2. The number of amides is 2. The maximum absolute atomic E-state index is 11.3. The molecule has 0 fully saturated rings. The summed E-state index contributed by atoms with van der Waals surface area (Å²) in [7, 11) is 1.44. The zero-order chi connectivity index (χ0) is 12.0. The highest BCUT2D eigenvalue weighted by Crippen LogP contribution is 2.00. The Kier molecular flexibility index (Phi) is 4.71. The Balaban J connectivity index is 2.22. The molecular weight excluding hydrogens is 230 g/mol. The number of urea groups is 1. The molecule has 1 aromatic rings. The van der Waals surface area contributed by atoms with Gasteiger partial charge in [0.05, 0.1) is 11.2 Å². The average molecular weight is 243 g/mol. The van der Waals surface area contributed by atoms with Gasteiger partial charge in [-0.1, -0.05) is 0 Å². The lowest BCUT2D eigenvalue weighted by Crippen LogP contribution is -2.40. The zero-order valence-electron chi connectivity index (χ0n) is 8.84. The molecule has 0 radical (unpaired) electrons. The predicted molar refractivity (Wildman–Crippen MR) is 59.5 cm³/mol. The average Bonchev–Trinajstić information content (AvgIpc) is 2.69. The van der Waals surface area contributed by atoms with Crippen molar-refractivity contribution >= 4 is 23.3 Å². The number of rotatable bonds is 5. The molecule has 0 bridgehead atoms. The number of aromatic nitrogens is 1. The van der Waals surface area contributed by atoms with E-state index in [1.165, 1.54) is 18.4 Å². The first kappa shape index (κ1) is 12.4. The van der Waals surface area contributed by atoms with Crippen molar-refractivity contribution in [3.63, 3.8) is 0 Å². The van der Waals surface area contributed by atoms with E-state index >= 15 is 0 Å². The third-order valence-electron chi connectivity index (χ3n) is 1.86. The van der Waals surface area contributed by atoms with Gasteiger partial charge in [0.15, 0.2) is 0 Å². The molecule has 1 aromatic heterocycles. The monoisotopic (exact) mass is 243 g/mol. The van der Waals surface area contributed by atoms with Gasteiger partial charge in [-0.2, -0.15) is 0 Å². The van der Waals surface area contributed by atoms with E-state index in [-0.39, 0.29) is 6.54 Å². The highest BCUT2D eigenvalue weighted by atomic mass is 32.1. The summed E-state index contributed by atoms with van der Waals surface area (Å²) >= 11 is 1.50. The van der Waals surface area contributed by atoms with Crippen molar-refractivity contribution in [2.75, 3.05) is 20.1 Å². The number of likely N-dealkylation sites (N-methyl/N-ethyl adjacent to an activating group) is 1. The van der Waals surface area contributed by atoms with Crippen molar-refractivity contribution in [2.45, 2.75) is 6.42 Å². The quantitative estimate of drug-likeness (QED) is 0.784. The lowest BCUT2D eigenvalue weighted by atomic mass is 10.3. The Hall–Kier alpha value is -1.63. The van der Waals surface area contributed by atoms with Crippen LogP contribution in [-0.2, 0) is 11.2 Å². The summed E-state index contributed by atoms with van der Waals surface area (Å²) in [4.78, 5) is 26.9. The first-order valence-electron chi connectivity index (χ1n) is 4.67. The molecule has 88 valence electrons. The first-order chi connectivity index (χ1) is 7.59. The van der Waals surface area contributed by atoms with Gasteiger partial charge in [-0.15, -0.1) is 11.3 Å². The summed E-state index contributed by atoms with van der Waals surface area (Å²) in [6.45, 7) is 0.148. The van der Waals surface area contributed by atoms with Crippen LogP contribution in [0.1, 0.15) is 5.69 Å². The van der Waals surface area contributed by atoms with Crippen LogP contribution < -0.4 is 5.32 Å². The number of thiazole rings is 1. The van der Waals surface area contributed by atoms with Gasteiger partial charge >= 0.3 is 12.0 Å². The second-order valence-corrected chi connectivity index (χ2v) is 3.93. The van der Waals surface area contributed by atoms with E-state index in [4.69, 9.17) is 5.11 Å². The maximum atomic E-state index is 11.3. The Bertz CT molecular complexity index is 353. The van der Waals surface area contributed by atoms with Gasteiger partial charge in [-0.3, -0.25) is 4.79 Å². The van der Waals surface area contributed by atoms with E-state index in [9.17, 15) is 9.59 Å². The molecule has 0 saturated heterocycles. The molecule has 16 heavy (non-hydrogen) atoms. The number of carboxylic acid groups (broad SMARTS) is 1. The molecule has 0 aromatic carbocycles. The van der Waals surface area contributed by atoms with E-state index in [2.05, 4.69) is 10.3 Å². The minimum Gasteiger partial charge on any atom is -0.480 e. The van der Waals surface area contributed by atoms with E-state index < -0.39 is 12.0 Å². The highest BCUT2D eigenvalue weighted by molar-refractivity contribution is 7.07. The molecule has 0 aliphatic heterocycles. The minimum atomic E-state index is -1.03. The Morgan fingerprint density at radius 1 is 1.62 bits per heavy atom. The Morgan fingerprint density at radius 3 is 2.94 bits per heavy atom. The SMILES string of the molecule is CN(CC(=O)O)C(=O)NCCc1cscn1. The second kappa shape index (κ2) is 6.06. The fraction of sp³-hybridized carbons (Fsp3) is 0.444. The van der Waals surface area contributed by atoms with Crippen LogP contribution in [0.15, 0.2) is 10.9 Å². The smallest absolute Gasteiger partial charge is 0.323 e. The van der Waals surface area contributed by atoms with E-state index in [1.54, 1.807) is 5.51 Å². The second-order valence-electron chi connectivity index (χ2n) is 3.21. The fourth-order valence-electron chi connectivity index (χ4n) is 1.07. The van der Waals surface area contributed by atoms with Gasteiger partial charge < -0.3 is 15.3 Å². The molecule has 0 aliphatic rings. The molecule has 0 aliphatic carbocycles. The number of aliphatic carboxylic acids is 1. The molecule has 0 saturated carbocycles. The van der Waals surface area contributed by atoms with Crippen LogP contribution in [0.2, 0.25) is 0 Å². The minimum absolute atomic E-state index is 0.303. The number of nitrogens with one attached hydrogen (secondary N) is 1. The Morgan fingerprint density at radius 2 is 2.38 bits per heavy atom. The van der Waals surface area contributed by atoms with Crippen molar-refractivity contribution in [1.82, 2.24) is 15.2 Å². The van der Waals surface area contributed by atoms with Crippen LogP contribution in [0, 0.1) is 0 Å². The molecule has 2 amide bonds. The standard InChI is InChI=1S/C9H13N3O3S/c1-12(4-8(13)14)9(15)10-3-2-7-5-16-6-11-7/h5-6H,2-4H2,1H3,(H,10,15)(H,13,14). The zero-order valence-corrected chi connectivity index (χ0v) is 9.66. The molecule has 0 unspecified atom stereocenters. The van der Waals surface area contributed by atoms with Crippen LogP contribution in [0.4, 0.5) is 4.79 Å². The maximum Gasteiger partial charge on any atom is 0.323 e. The number of carbonyl (C=O) groups is 2. The summed E-state index contributed by atoms with van der Waals surface area (Å²) in [5, 5.41) is 13.0. The van der Waals surface area contributed by atoms with Gasteiger partial charge in [0, 0.05) is 25.4 Å². The first-order valence-corrected chi connectivity index (χ1v) is 5.61. The summed E-state index contributed by atoms with van der Waals surface area (Å²) in [5.74, 6) is -1.03. The molecule has 2 N–H and O–H groups in total. The largest absolute Gasteiger partial charge is 0.480 e. The molecule has 7 heteroatoms. The van der Waals surface area contributed by atoms with Crippen molar-refractivity contribution in [2.24, 2.45) is 0 Å². The molecule has 0 atom stereocenters. The molecular formula is C9H13N3O3S. The fourth-order valence-corrected chi connectivity index (χ4v) is 1.66. The molecule has 0 spiro atoms. The highest BCUT2D eigenvalue weighted by Gasteiger charge is 2.10. The lowest BCUT2D eigenvalue weighted by molar-refractivity contribution is -0.137. The van der Waals surface area contributed by atoms with E-state index in [0.29, 0.717) is 13.0 Å². The summed E-state index contributed by atoms with van der Waals surface area (Å²) in [6, 6.07) is -0.391.